The molecule has 0 amide bonds. The lowest BCUT2D eigenvalue weighted by molar-refractivity contribution is 0.525. The van der Waals surface area contributed by atoms with Crippen molar-refractivity contribution < 1.29 is 0 Å². The summed E-state index contributed by atoms with van der Waals surface area (Å²) in [5.41, 5.74) is 7.44. The van der Waals surface area contributed by atoms with Gasteiger partial charge >= 0.3 is 0 Å². The molecule has 0 aromatic rings. The van der Waals surface area contributed by atoms with Crippen LogP contribution in [0.25, 0.3) is 0 Å². The number of allylic oxidation sites excluding steroid dienone is 5. The number of dihydropyridines is 1. The van der Waals surface area contributed by atoms with Crippen LogP contribution in [0.3, 0.4) is 0 Å². The molecular formula is C19H28N2. The highest BCUT2D eigenvalue weighted by Crippen LogP contribution is 2.38. The third-order valence-corrected chi connectivity index (χ3v) is 5.07. The molecule has 2 heteroatoms. The predicted molar refractivity (Wildman–Crippen MR) is 93.5 cm³/mol. The zero-order valence-electron chi connectivity index (χ0n) is 14.5. The summed E-state index contributed by atoms with van der Waals surface area (Å²) in [7, 11) is 0. The lowest BCUT2D eigenvalue weighted by Crippen LogP contribution is -2.32. The quantitative estimate of drug-likeness (QED) is 0.646. The van der Waals surface area contributed by atoms with E-state index in [9.17, 15) is 0 Å². The van der Waals surface area contributed by atoms with Crippen molar-refractivity contribution in [2.45, 2.75) is 72.9 Å². The van der Waals surface area contributed by atoms with Crippen LogP contribution in [0.2, 0.25) is 0 Å². The Bertz CT molecular complexity index is 599. The summed E-state index contributed by atoms with van der Waals surface area (Å²) >= 11 is 0. The highest BCUT2D eigenvalue weighted by Gasteiger charge is 2.33. The summed E-state index contributed by atoms with van der Waals surface area (Å²) in [6, 6.07) is 0.370. The molecule has 0 radical (unpaired) electrons. The number of hydrogen-bond donors (Lipinski definition) is 0. The molecule has 0 spiro atoms. The van der Waals surface area contributed by atoms with Crippen LogP contribution in [-0.2, 0) is 0 Å². The van der Waals surface area contributed by atoms with Crippen LogP contribution >= 0.6 is 0 Å². The number of aliphatic imine (C=N–C) groups is 2. The van der Waals surface area contributed by atoms with Crippen molar-refractivity contribution in [3.63, 3.8) is 0 Å². The summed E-state index contributed by atoms with van der Waals surface area (Å²) in [4.78, 5) is 9.87. The third-order valence-electron chi connectivity index (χ3n) is 5.07. The number of hydrogen-bond acceptors (Lipinski definition) is 2. The molecule has 2 nitrogen and oxygen atoms in total. The average molecular weight is 284 g/mol. The van der Waals surface area contributed by atoms with Crippen molar-refractivity contribution >= 4 is 11.4 Å². The van der Waals surface area contributed by atoms with Crippen LogP contribution < -0.4 is 0 Å². The van der Waals surface area contributed by atoms with Gasteiger partial charge in [-0.1, -0.05) is 13.8 Å². The van der Waals surface area contributed by atoms with Gasteiger partial charge in [-0.25, -0.2) is 0 Å². The molecular weight excluding hydrogens is 256 g/mol. The molecule has 0 saturated carbocycles. The first kappa shape index (κ1) is 15.9. The minimum Gasteiger partial charge on any atom is -0.282 e. The van der Waals surface area contributed by atoms with E-state index >= 15 is 0 Å². The Morgan fingerprint density at radius 2 is 1.86 bits per heavy atom. The summed E-state index contributed by atoms with van der Waals surface area (Å²) in [6.45, 7) is 15.4. The minimum absolute atomic E-state index is 0.0583. The van der Waals surface area contributed by atoms with Crippen molar-refractivity contribution in [2.24, 2.45) is 9.98 Å². The van der Waals surface area contributed by atoms with Crippen LogP contribution in [0.15, 0.2) is 44.4 Å². The minimum atomic E-state index is -0.0583. The van der Waals surface area contributed by atoms with Crippen molar-refractivity contribution in [2.75, 3.05) is 0 Å². The molecule has 114 valence electrons. The molecule has 0 aromatic carbocycles. The van der Waals surface area contributed by atoms with Gasteiger partial charge < -0.3 is 0 Å². The first-order valence-corrected chi connectivity index (χ1v) is 8.09. The fourth-order valence-electron chi connectivity index (χ4n) is 2.90. The second-order valence-electron chi connectivity index (χ2n) is 6.53. The molecule has 0 N–H and O–H groups in total. The van der Waals surface area contributed by atoms with Crippen LogP contribution in [0.4, 0.5) is 0 Å². The molecule has 2 unspecified atom stereocenters. The maximum atomic E-state index is 5.07. The summed E-state index contributed by atoms with van der Waals surface area (Å²) < 4.78 is 0. The Morgan fingerprint density at radius 3 is 2.43 bits per heavy atom. The molecule has 1 heterocycles. The van der Waals surface area contributed by atoms with Gasteiger partial charge in [-0.3, -0.25) is 9.98 Å². The molecule has 0 bridgehead atoms. The standard InChI is InChI=1S/C19H28N2/c1-8-13(4)20-16-10-12(3)18-17(11-16)14(5)15(6)19(7,9-2)21-18/h10-11,13H,8-9H2,1-7H3. The molecule has 0 aromatic heterocycles. The van der Waals surface area contributed by atoms with Crippen LogP contribution in [0.1, 0.15) is 61.3 Å². The predicted octanol–water partition coefficient (Wildman–Crippen LogP) is 5.07. The number of fused-ring (bicyclic) bond motifs is 1. The van der Waals surface area contributed by atoms with E-state index in [1.54, 1.807) is 0 Å². The van der Waals surface area contributed by atoms with E-state index < -0.39 is 0 Å². The van der Waals surface area contributed by atoms with Gasteiger partial charge in [0.2, 0.25) is 0 Å². The first-order valence-electron chi connectivity index (χ1n) is 8.09. The monoisotopic (exact) mass is 284 g/mol. The summed E-state index contributed by atoms with van der Waals surface area (Å²) in [5, 5.41) is 0. The molecule has 2 aliphatic rings. The van der Waals surface area contributed by atoms with Crippen molar-refractivity contribution in [3.05, 3.63) is 34.4 Å². The van der Waals surface area contributed by atoms with Crippen LogP contribution in [-0.4, -0.2) is 23.0 Å². The Labute approximate surface area is 129 Å². The van der Waals surface area contributed by atoms with E-state index in [2.05, 4.69) is 60.6 Å². The molecule has 1 aliphatic carbocycles. The van der Waals surface area contributed by atoms with Crippen molar-refractivity contribution in [3.8, 4) is 0 Å². The summed E-state index contributed by atoms with van der Waals surface area (Å²) in [5.74, 6) is 0. The Balaban J connectivity index is 2.54. The SMILES string of the molecule is CCC(C)N=C1C=C(C)C2=NC(C)(CC)C(C)=C(C)C2=C1. The zero-order chi connectivity index (χ0) is 15.8. The van der Waals surface area contributed by atoms with E-state index in [0.717, 1.165) is 24.3 Å². The maximum absolute atomic E-state index is 5.07. The van der Waals surface area contributed by atoms with E-state index in [4.69, 9.17) is 9.98 Å². The van der Waals surface area contributed by atoms with Gasteiger partial charge in [0.1, 0.15) is 0 Å². The zero-order valence-corrected chi connectivity index (χ0v) is 14.5. The van der Waals surface area contributed by atoms with E-state index in [-0.39, 0.29) is 5.54 Å². The van der Waals surface area contributed by atoms with E-state index in [0.29, 0.717) is 6.04 Å². The topological polar surface area (TPSA) is 24.7 Å². The van der Waals surface area contributed by atoms with Gasteiger partial charge in [-0.2, -0.15) is 0 Å². The third kappa shape index (κ3) is 2.81. The first-order chi connectivity index (χ1) is 9.82. The fraction of sp³-hybridized carbons (Fsp3) is 0.579. The van der Waals surface area contributed by atoms with Gasteiger partial charge in [0, 0.05) is 11.6 Å². The van der Waals surface area contributed by atoms with Gasteiger partial charge in [-0.05, 0) is 76.3 Å². The Kier molecular flexibility index (Phi) is 4.36. The number of nitrogens with zero attached hydrogens (tertiary/aromatic N) is 2. The molecule has 0 fully saturated rings. The van der Waals surface area contributed by atoms with E-state index in [1.807, 2.05) is 0 Å². The smallest absolute Gasteiger partial charge is 0.0796 e. The van der Waals surface area contributed by atoms with Gasteiger partial charge in [0.15, 0.2) is 0 Å². The van der Waals surface area contributed by atoms with Crippen LogP contribution in [0, 0.1) is 0 Å². The number of rotatable bonds is 3. The van der Waals surface area contributed by atoms with Crippen molar-refractivity contribution in [1.29, 1.82) is 0 Å². The largest absolute Gasteiger partial charge is 0.282 e. The van der Waals surface area contributed by atoms with Crippen molar-refractivity contribution in [1.82, 2.24) is 0 Å². The van der Waals surface area contributed by atoms with E-state index in [1.165, 1.54) is 22.3 Å². The molecule has 21 heavy (non-hydrogen) atoms. The average Bonchev–Trinajstić information content (AvgIpc) is 2.46. The van der Waals surface area contributed by atoms with Gasteiger partial charge in [0.05, 0.1) is 17.0 Å². The molecule has 2 atom stereocenters. The normalized spacial score (nSPS) is 28.9. The maximum Gasteiger partial charge on any atom is 0.0796 e. The molecule has 0 saturated heterocycles. The molecule has 2 rings (SSSR count). The lowest BCUT2D eigenvalue weighted by Gasteiger charge is -2.35. The Morgan fingerprint density at radius 1 is 1.19 bits per heavy atom. The highest BCUT2D eigenvalue weighted by atomic mass is 14.9. The molecule has 1 aliphatic heterocycles. The van der Waals surface area contributed by atoms with Gasteiger partial charge in [-0.15, -0.1) is 0 Å². The summed E-state index contributed by atoms with van der Waals surface area (Å²) in [6.07, 6.45) is 6.50. The second kappa shape index (κ2) is 5.75. The highest BCUT2D eigenvalue weighted by molar-refractivity contribution is 6.26. The second-order valence-corrected chi connectivity index (χ2v) is 6.53. The fourth-order valence-corrected chi connectivity index (χ4v) is 2.90. The van der Waals surface area contributed by atoms with Crippen LogP contribution in [0.5, 0.6) is 0 Å². The van der Waals surface area contributed by atoms with Gasteiger partial charge in [0.25, 0.3) is 0 Å². The lowest BCUT2D eigenvalue weighted by atomic mass is 9.78. The Hall–Kier alpha value is -1.44.